The van der Waals surface area contributed by atoms with E-state index in [-0.39, 0.29) is 12.1 Å². The predicted molar refractivity (Wildman–Crippen MR) is 75.2 cm³/mol. The highest BCUT2D eigenvalue weighted by Gasteiger charge is 2.15. The largest absolute Gasteiger partial charge is 0.478 e. The fourth-order valence-corrected chi connectivity index (χ4v) is 1.73. The molecule has 0 aromatic carbocycles. The van der Waals surface area contributed by atoms with Gasteiger partial charge in [-0.25, -0.2) is 19.3 Å². The lowest BCUT2D eigenvalue weighted by atomic mass is 10.2. The van der Waals surface area contributed by atoms with Crippen LogP contribution in [0.15, 0.2) is 24.8 Å². The monoisotopic (exact) mass is 342 g/mol. The third kappa shape index (κ3) is 4.54. The molecule has 24 heavy (non-hydrogen) atoms. The summed E-state index contributed by atoms with van der Waals surface area (Å²) in [6.45, 7) is -1.01. The number of carbonyl (C=O) groups is 1. The van der Waals surface area contributed by atoms with Crippen molar-refractivity contribution in [1.82, 2.24) is 20.3 Å². The smallest absolute Gasteiger partial charge is 0.388 e. The molecule has 1 amide bonds. The molecule has 0 fully saturated rings. The molecule has 2 aromatic heterocycles. The van der Waals surface area contributed by atoms with E-state index in [1.165, 1.54) is 12.5 Å². The van der Waals surface area contributed by atoms with E-state index in [2.05, 4.69) is 25.0 Å². The zero-order valence-corrected chi connectivity index (χ0v) is 12.5. The molecule has 0 unspecified atom stereocenters. The minimum Gasteiger partial charge on any atom is -0.478 e. The van der Waals surface area contributed by atoms with Gasteiger partial charge in [0.15, 0.2) is 5.82 Å². The second kappa shape index (κ2) is 8.09. The molecular weight excluding hydrogens is 329 g/mol. The Hall–Kier alpha value is -2.91. The van der Waals surface area contributed by atoms with Crippen molar-refractivity contribution >= 4 is 5.91 Å². The quantitative estimate of drug-likeness (QED) is 0.828. The second-order valence-electron chi connectivity index (χ2n) is 4.36. The van der Waals surface area contributed by atoms with Crippen LogP contribution in [0.2, 0.25) is 0 Å². The molecule has 0 aliphatic heterocycles. The number of halogens is 3. The van der Waals surface area contributed by atoms with E-state index in [9.17, 15) is 18.0 Å². The molecule has 10 heteroatoms. The first-order valence-electron chi connectivity index (χ1n) is 6.81. The highest BCUT2D eigenvalue weighted by atomic mass is 19.3. The molecule has 2 rings (SSSR count). The van der Waals surface area contributed by atoms with Crippen molar-refractivity contribution in [2.75, 3.05) is 6.61 Å². The number of amides is 1. The lowest BCUT2D eigenvalue weighted by Crippen LogP contribution is -2.24. The Morgan fingerprint density at radius 3 is 2.75 bits per heavy atom. The van der Waals surface area contributed by atoms with Crippen LogP contribution in [0.4, 0.5) is 13.2 Å². The zero-order valence-electron chi connectivity index (χ0n) is 12.5. The van der Waals surface area contributed by atoms with Crippen LogP contribution >= 0.6 is 0 Å². The SMILES string of the molecule is CCOc1ncncc1CNC(=O)c1cnc(OC(F)F)c(F)c1. The summed E-state index contributed by atoms with van der Waals surface area (Å²) in [6, 6.07) is 0.755. The number of hydrogen-bond donors (Lipinski definition) is 1. The first-order chi connectivity index (χ1) is 11.5. The minimum absolute atomic E-state index is 0.0336. The Bertz CT molecular complexity index is 715. The van der Waals surface area contributed by atoms with Crippen molar-refractivity contribution in [3.8, 4) is 11.8 Å². The standard InChI is InChI=1S/C14H13F3N4O3/c1-2-23-12-9(4-18-7-21-12)6-19-11(22)8-3-10(15)13(20-5-8)24-14(16)17/h3-5,7,14H,2,6H2,1H3,(H,19,22). The highest BCUT2D eigenvalue weighted by Crippen LogP contribution is 2.17. The van der Waals surface area contributed by atoms with Gasteiger partial charge in [0, 0.05) is 18.9 Å². The van der Waals surface area contributed by atoms with E-state index in [0.29, 0.717) is 18.1 Å². The van der Waals surface area contributed by atoms with E-state index < -0.39 is 24.2 Å². The van der Waals surface area contributed by atoms with E-state index in [1.54, 1.807) is 6.92 Å². The van der Waals surface area contributed by atoms with Gasteiger partial charge in [0.1, 0.15) is 6.33 Å². The van der Waals surface area contributed by atoms with Crippen molar-refractivity contribution in [2.45, 2.75) is 20.1 Å². The molecule has 0 bridgehead atoms. The summed E-state index contributed by atoms with van der Waals surface area (Å²) < 4.78 is 46.8. The average Bonchev–Trinajstić information content (AvgIpc) is 2.55. The van der Waals surface area contributed by atoms with Crippen LogP contribution in [0.25, 0.3) is 0 Å². The molecule has 0 saturated heterocycles. The first-order valence-corrected chi connectivity index (χ1v) is 6.81. The van der Waals surface area contributed by atoms with Crippen LogP contribution in [0.5, 0.6) is 11.8 Å². The minimum atomic E-state index is -3.21. The van der Waals surface area contributed by atoms with Gasteiger partial charge in [0.25, 0.3) is 11.8 Å². The highest BCUT2D eigenvalue weighted by molar-refractivity contribution is 5.93. The van der Waals surface area contributed by atoms with E-state index in [4.69, 9.17) is 4.74 Å². The van der Waals surface area contributed by atoms with Crippen molar-refractivity contribution in [1.29, 1.82) is 0 Å². The summed E-state index contributed by atoms with van der Waals surface area (Å²) in [5.74, 6) is -2.38. The Morgan fingerprint density at radius 2 is 2.08 bits per heavy atom. The van der Waals surface area contributed by atoms with E-state index in [0.717, 1.165) is 12.3 Å². The maximum atomic E-state index is 13.6. The summed E-state index contributed by atoms with van der Waals surface area (Å²) in [5, 5.41) is 2.51. The molecule has 0 aliphatic rings. The molecule has 1 N–H and O–H groups in total. The summed E-state index contributed by atoms with van der Waals surface area (Å²) in [7, 11) is 0. The van der Waals surface area contributed by atoms with Crippen molar-refractivity contribution < 1.29 is 27.4 Å². The molecule has 128 valence electrons. The number of carbonyl (C=O) groups excluding carboxylic acids is 1. The maximum absolute atomic E-state index is 13.6. The Balaban J connectivity index is 2.04. The van der Waals surface area contributed by atoms with Gasteiger partial charge < -0.3 is 14.8 Å². The lowest BCUT2D eigenvalue weighted by molar-refractivity contribution is -0.0553. The summed E-state index contributed by atoms with van der Waals surface area (Å²) in [4.78, 5) is 23.1. The molecular formula is C14H13F3N4O3. The topological polar surface area (TPSA) is 86.2 Å². The number of ether oxygens (including phenoxy) is 2. The number of aromatic nitrogens is 3. The van der Waals surface area contributed by atoms with Gasteiger partial charge in [-0.1, -0.05) is 0 Å². The number of alkyl halides is 2. The second-order valence-corrected chi connectivity index (χ2v) is 4.36. The number of rotatable bonds is 7. The van der Waals surface area contributed by atoms with Crippen LogP contribution in [-0.2, 0) is 6.54 Å². The third-order valence-corrected chi connectivity index (χ3v) is 2.74. The van der Waals surface area contributed by atoms with Crippen LogP contribution in [0, 0.1) is 5.82 Å². The van der Waals surface area contributed by atoms with Gasteiger partial charge in [-0.2, -0.15) is 8.78 Å². The van der Waals surface area contributed by atoms with Gasteiger partial charge >= 0.3 is 6.61 Å². The number of nitrogens with zero attached hydrogens (tertiary/aromatic N) is 3. The van der Waals surface area contributed by atoms with Crippen LogP contribution in [0.3, 0.4) is 0 Å². The molecule has 2 heterocycles. The fraction of sp³-hybridized carbons (Fsp3) is 0.286. The van der Waals surface area contributed by atoms with Gasteiger partial charge in [-0.05, 0) is 13.0 Å². The zero-order chi connectivity index (χ0) is 17.5. The molecule has 0 radical (unpaired) electrons. The van der Waals surface area contributed by atoms with Crippen LogP contribution in [-0.4, -0.2) is 34.1 Å². The number of pyridine rings is 1. The normalized spacial score (nSPS) is 10.5. The summed E-state index contributed by atoms with van der Waals surface area (Å²) in [5.41, 5.74) is 0.378. The Labute approximate surface area is 134 Å². The Kier molecular flexibility index (Phi) is 5.88. The molecule has 0 saturated carbocycles. The third-order valence-electron chi connectivity index (χ3n) is 2.74. The van der Waals surface area contributed by atoms with E-state index in [1.807, 2.05) is 0 Å². The molecule has 0 spiro atoms. The molecule has 0 atom stereocenters. The number of hydrogen-bond acceptors (Lipinski definition) is 6. The molecule has 7 nitrogen and oxygen atoms in total. The van der Waals surface area contributed by atoms with E-state index >= 15 is 0 Å². The predicted octanol–water partition coefficient (Wildman–Crippen LogP) is 1.94. The van der Waals surface area contributed by atoms with Crippen LogP contribution < -0.4 is 14.8 Å². The van der Waals surface area contributed by atoms with Crippen molar-refractivity contribution in [2.24, 2.45) is 0 Å². The summed E-state index contributed by atoms with van der Waals surface area (Å²) >= 11 is 0. The van der Waals surface area contributed by atoms with Gasteiger partial charge in [0.05, 0.1) is 17.7 Å². The Morgan fingerprint density at radius 1 is 1.29 bits per heavy atom. The van der Waals surface area contributed by atoms with Gasteiger partial charge in [-0.3, -0.25) is 4.79 Å². The molecule has 0 aliphatic carbocycles. The average molecular weight is 342 g/mol. The first kappa shape index (κ1) is 17.4. The van der Waals surface area contributed by atoms with Gasteiger partial charge in [-0.15, -0.1) is 0 Å². The van der Waals surface area contributed by atoms with Gasteiger partial charge in [0.2, 0.25) is 5.88 Å². The summed E-state index contributed by atoms with van der Waals surface area (Å²) in [6.07, 6.45) is 3.70. The maximum Gasteiger partial charge on any atom is 0.388 e. The lowest BCUT2D eigenvalue weighted by Gasteiger charge is -2.10. The number of nitrogens with one attached hydrogen (secondary N) is 1. The fourth-order valence-electron chi connectivity index (χ4n) is 1.73. The van der Waals surface area contributed by atoms with Crippen molar-refractivity contribution in [3.63, 3.8) is 0 Å². The van der Waals surface area contributed by atoms with Crippen molar-refractivity contribution in [3.05, 3.63) is 41.7 Å². The molecule has 2 aromatic rings. The van der Waals surface area contributed by atoms with Crippen LogP contribution in [0.1, 0.15) is 22.8 Å².